The molecule has 2 heterocycles. The average molecular weight is 960 g/mol. The molecule has 0 aliphatic heterocycles. The molecule has 2 aromatic heterocycles. The Bertz CT molecular complexity index is 4020. The normalized spacial score (nSPS) is 11.2. The van der Waals surface area contributed by atoms with Gasteiger partial charge in [-0.2, -0.15) is 23.7 Å². The van der Waals surface area contributed by atoms with E-state index in [9.17, 15) is 23.7 Å². The van der Waals surface area contributed by atoms with Gasteiger partial charge in [0.2, 0.25) is 0 Å². The number of aromatic nitrogens is 3. The smallest absolute Gasteiger partial charge is 0.308 e. The van der Waals surface area contributed by atoms with Gasteiger partial charge in [0.05, 0.1) is 59.0 Å². The fourth-order valence-corrected chi connectivity index (χ4v) is 9.59. The van der Waals surface area contributed by atoms with Crippen LogP contribution in [0.1, 0.15) is 22.3 Å². The third-order valence-electron chi connectivity index (χ3n) is 13.2. The standard InChI is InChI=1S/C64H36F3N7/c1-39-14-17-41(18-15-39)53-34-47(58-36-57(43-10-6-4-7-11-43)72-63(73-58)44-12-8-5-9-13-44)35-54(42-19-23-49(24-20-42)64(65,66)67)62(53)74-60-28-21-45(51-27-25-50(70-2)31-48(51)38-69)32-55(60)56-33-46(22-29-61(56)74)52-26-16-40(37-68)30-59(52)71-3/h4-36H,1H3. The summed E-state index contributed by atoms with van der Waals surface area (Å²) in [6, 6.07) is 65.2. The quantitative estimate of drug-likeness (QED) is 0.142. The number of halogens is 3. The zero-order valence-corrected chi connectivity index (χ0v) is 39.3. The van der Waals surface area contributed by atoms with Crippen LogP contribution in [0.2, 0.25) is 0 Å². The predicted octanol–water partition coefficient (Wildman–Crippen LogP) is 17.4. The van der Waals surface area contributed by atoms with Crippen molar-refractivity contribution < 1.29 is 13.2 Å². The van der Waals surface area contributed by atoms with Gasteiger partial charge in [-0.25, -0.2) is 19.7 Å². The summed E-state index contributed by atoms with van der Waals surface area (Å²) >= 11 is 0. The Hall–Kier alpha value is -10.4. The van der Waals surface area contributed by atoms with Crippen LogP contribution in [0.15, 0.2) is 200 Å². The van der Waals surface area contributed by atoms with E-state index in [1.165, 1.54) is 12.1 Å². The van der Waals surface area contributed by atoms with Gasteiger partial charge in [0.25, 0.3) is 0 Å². The van der Waals surface area contributed by atoms with Crippen LogP contribution in [-0.4, -0.2) is 14.5 Å². The number of nitriles is 2. The summed E-state index contributed by atoms with van der Waals surface area (Å²) in [5.41, 5.74) is 12.9. The second-order valence-electron chi connectivity index (χ2n) is 17.8. The van der Waals surface area contributed by atoms with E-state index in [0.29, 0.717) is 73.2 Å². The number of alkyl halides is 3. The Morgan fingerprint density at radius 2 is 1.04 bits per heavy atom. The average Bonchev–Trinajstić information content (AvgIpc) is 3.77. The van der Waals surface area contributed by atoms with Crippen molar-refractivity contribution in [2.24, 2.45) is 0 Å². The molecule has 0 aliphatic rings. The topological polar surface area (TPSA) is 87.0 Å². The van der Waals surface area contributed by atoms with Crippen molar-refractivity contribution in [2.45, 2.75) is 13.1 Å². The molecular weight excluding hydrogens is 924 g/mol. The van der Waals surface area contributed by atoms with Gasteiger partial charge in [-0.05, 0) is 113 Å². The fourth-order valence-electron chi connectivity index (χ4n) is 9.59. The molecule has 74 heavy (non-hydrogen) atoms. The largest absolute Gasteiger partial charge is 0.416 e. The van der Waals surface area contributed by atoms with Gasteiger partial charge in [0.15, 0.2) is 17.2 Å². The summed E-state index contributed by atoms with van der Waals surface area (Å²) in [6.45, 7) is 17.7. The van der Waals surface area contributed by atoms with Crippen molar-refractivity contribution in [1.29, 1.82) is 10.5 Å². The highest BCUT2D eigenvalue weighted by molar-refractivity contribution is 6.13. The third-order valence-corrected chi connectivity index (χ3v) is 13.2. The molecule has 0 saturated heterocycles. The number of benzene rings is 9. The summed E-state index contributed by atoms with van der Waals surface area (Å²) in [7, 11) is 0. The molecule has 0 amide bonds. The molecule has 9 aromatic carbocycles. The first kappa shape index (κ1) is 46.0. The summed E-state index contributed by atoms with van der Waals surface area (Å²) < 4.78 is 45.1. The van der Waals surface area contributed by atoms with Crippen LogP contribution in [0, 0.1) is 42.7 Å². The molecule has 7 nitrogen and oxygen atoms in total. The van der Waals surface area contributed by atoms with Gasteiger partial charge in [0, 0.05) is 49.7 Å². The molecule has 0 N–H and O–H groups in total. The fraction of sp³-hybridized carbons (Fsp3) is 0.0312. The summed E-state index contributed by atoms with van der Waals surface area (Å²) in [6.07, 6.45) is -4.58. The monoisotopic (exact) mass is 959 g/mol. The first-order valence-electron chi connectivity index (χ1n) is 23.4. The lowest BCUT2D eigenvalue weighted by Gasteiger charge is -2.22. The Morgan fingerprint density at radius 1 is 0.486 bits per heavy atom. The van der Waals surface area contributed by atoms with E-state index in [-0.39, 0.29) is 0 Å². The van der Waals surface area contributed by atoms with Crippen LogP contribution >= 0.6 is 0 Å². The van der Waals surface area contributed by atoms with Crippen molar-refractivity contribution in [2.75, 3.05) is 0 Å². The minimum absolute atomic E-state index is 0.309. The molecule has 11 aromatic rings. The summed E-state index contributed by atoms with van der Waals surface area (Å²) in [5.74, 6) is 0.500. The van der Waals surface area contributed by atoms with Crippen molar-refractivity contribution in [3.63, 3.8) is 0 Å². The number of rotatable bonds is 8. The van der Waals surface area contributed by atoms with Gasteiger partial charge in [-0.15, -0.1) is 0 Å². The number of hydrogen-bond acceptors (Lipinski definition) is 4. The van der Waals surface area contributed by atoms with E-state index in [2.05, 4.69) is 32.5 Å². The number of hydrogen-bond donors (Lipinski definition) is 0. The van der Waals surface area contributed by atoms with E-state index in [0.717, 1.165) is 72.9 Å². The molecule has 0 bridgehead atoms. The SMILES string of the molecule is [C-]#[N+]c1ccc(-c2ccc3c(c2)c2cc(-c4ccc(C#N)cc4[N+]#[C-])ccc2n3-c2c(-c3ccc(C)cc3)cc(-c3cc(-c4ccccc4)nc(-c4ccccc4)n3)cc2-c2ccc(C(F)(F)F)cc2)c(C#N)c1. The lowest BCUT2D eigenvalue weighted by atomic mass is 9.91. The van der Waals surface area contributed by atoms with Crippen LogP contribution < -0.4 is 0 Å². The third kappa shape index (κ3) is 8.46. The highest BCUT2D eigenvalue weighted by atomic mass is 19.4. The molecule has 0 atom stereocenters. The van der Waals surface area contributed by atoms with Crippen molar-refractivity contribution in [3.05, 3.63) is 245 Å². The Kier molecular flexibility index (Phi) is 11.7. The van der Waals surface area contributed by atoms with E-state index in [1.807, 2.05) is 140 Å². The molecule has 11 rings (SSSR count). The molecule has 0 unspecified atom stereocenters. The zero-order valence-electron chi connectivity index (χ0n) is 39.3. The van der Waals surface area contributed by atoms with Crippen LogP contribution in [0.5, 0.6) is 0 Å². The lowest BCUT2D eigenvalue weighted by molar-refractivity contribution is -0.137. The Labute approximate surface area is 424 Å². The van der Waals surface area contributed by atoms with Crippen LogP contribution in [0.4, 0.5) is 24.5 Å². The second-order valence-corrected chi connectivity index (χ2v) is 17.8. The molecule has 0 spiro atoms. The zero-order chi connectivity index (χ0) is 51.1. The van der Waals surface area contributed by atoms with Crippen LogP contribution in [0.25, 0.3) is 116 Å². The van der Waals surface area contributed by atoms with Crippen molar-refractivity contribution >= 4 is 33.2 Å². The Morgan fingerprint density at radius 3 is 1.61 bits per heavy atom. The van der Waals surface area contributed by atoms with Gasteiger partial charge in [0.1, 0.15) is 0 Å². The molecule has 348 valence electrons. The van der Waals surface area contributed by atoms with E-state index in [1.54, 1.807) is 36.4 Å². The first-order chi connectivity index (χ1) is 36.0. The molecule has 10 heteroatoms. The lowest BCUT2D eigenvalue weighted by Crippen LogP contribution is -2.05. The maximum absolute atomic E-state index is 14.3. The number of fused-ring (bicyclic) bond motifs is 3. The van der Waals surface area contributed by atoms with Crippen LogP contribution in [0.3, 0.4) is 0 Å². The van der Waals surface area contributed by atoms with Gasteiger partial charge in [-0.3, -0.25) is 0 Å². The highest BCUT2D eigenvalue weighted by Gasteiger charge is 2.31. The van der Waals surface area contributed by atoms with Crippen molar-refractivity contribution in [3.8, 4) is 96.2 Å². The second kappa shape index (κ2) is 18.7. The van der Waals surface area contributed by atoms with E-state index in [4.69, 9.17) is 23.1 Å². The van der Waals surface area contributed by atoms with Gasteiger partial charge in [-0.1, -0.05) is 133 Å². The van der Waals surface area contributed by atoms with Gasteiger partial charge >= 0.3 is 6.18 Å². The summed E-state index contributed by atoms with van der Waals surface area (Å²) in [4.78, 5) is 17.6. The summed E-state index contributed by atoms with van der Waals surface area (Å²) in [5, 5.41) is 21.6. The number of nitrogens with zero attached hydrogens (tertiary/aromatic N) is 7. The maximum atomic E-state index is 14.3. The highest BCUT2D eigenvalue weighted by Crippen LogP contribution is 2.47. The predicted molar refractivity (Wildman–Crippen MR) is 286 cm³/mol. The maximum Gasteiger partial charge on any atom is 0.416 e. The van der Waals surface area contributed by atoms with E-state index >= 15 is 0 Å². The molecule has 0 radical (unpaired) electrons. The molecular formula is C64H36F3N7. The van der Waals surface area contributed by atoms with E-state index < -0.39 is 11.7 Å². The Balaban J connectivity index is 1.26. The van der Waals surface area contributed by atoms with Crippen LogP contribution in [-0.2, 0) is 6.18 Å². The molecule has 0 saturated carbocycles. The minimum Gasteiger partial charge on any atom is -0.308 e. The van der Waals surface area contributed by atoms with Crippen molar-refractivity contribution in [1.82, 2.24) is 14.5 Å². The molecule has 0 aliphatic carbocycles. The number of aryl methyl sites for hydroxylation is 1. The van der Waals surface area contributed by atoms with Gasteiger partial charge < -0.3 is 4.57 Å². The molecule has 0 fully saturated rings. The minimum atomic E-state index is -4.58. The first-order valence-corrected chi connectivity index (χ1v) is 23.4.